The first-order chi connectivity index (χ1) is 9.67. The maximum Gasteiger partial charge on any atom is 0.238 e. The van der Waals surface area contributed by atoms with Gasteiger partial charge in [-0.15, -0.1) is 0 Å². The van der Waals surface area contributed by atoms with Crippen molar-refractivity contribution in [1.29, 1.82) is 0 Å². The summed E-state index contributed by atoms with van der Waals surface area (Å²) in [6, 6.07) is -0.792. The highest BCUT2D eigenvalue weighted by Crippen LogP contribution is 2.10. The molecule has 0 aliphatic carbocycles. The van der Waals surface area contributed by atoms with Crippen molar-refractivity contribution < 1.29 is 18.3 Å². The van der Waals surface area contributed by atoms with Gasteiger partial charge in [0.2, 0.25) is 15.9 Å². The Morgan fingerprint density at radius 1 is 1.38 bits per heavy atom. The summed E-state index contributed by atoms with van der Waals surface area (Å²) in [5.41, 5.74) is -0.974. The summed E-state index contributed by atoms with van der Waals surface area (Å²) >= 11 is 1.55. The number of carbonyl (C=O) groups excluding carboxylic acids is 1. The van der Waals surface area contributed by atoms with Crippen LogP contribution in [0.5, 0.6) is 0 Å². The van der Waals surface area contributed by atoms with Crippen LogP contribution >= 0.6 is 11.8 Å². The second kappa shape index (κ2) is 9.66. The van der Waals surface area contributed by atoms with Crippen LogP contribution in [-0.2, 0) is 14.8 Å². The summed E-state index contributed by atoms with van der Waals surface area (Å²) in [5.74, 6) is 0.219. The summed E-state index contributed by atoms with van der Waals surface area (Å²) in [7, 11) is -3.44. The highest BCUT2D eigenvalue weighted by atomic mass is 32.2. The Kier molecular flexibility index (Phi) is 9.51. The molecule has 0 rings (SSSR count). The molecule has 0 heterocycles. The van der Waals surface area contributed by atoms with Gasteiger partial charge in [0.25, 0.3) is 0 Å². The SMILES string of the molecule is CCCC(C)(O)CNC(=O)C(CCSC)NS(=O)(=O)CC. The normalized spacial score (nSPS) is 16.2. The molecule has 0 spiro atoms. The molecule has 126 valence electrons. The van der Waals surface area contributed by atoms with Gasteiger partial charge in [-0.2, -0.15) is 11.8 Å². The molecule has 8 heteroatoms. The summed E-state index contributed by atoms with van der Waals surface area (Å²) in [6.45, 7) is 5.25. The van der Waals surface area contributed by atoms with Crippen molar-refractivity contribution in [2.45, 2.75) is 51.7 Å². The lowest BCUT2D eigenvalue weighted by Crippen LogP contribution is -2.50. The lowest BCUT2D eigenvalue weighted by molar-refractivity contribution is -0.124. The first-order valence-corrected chi connectivity index (χ1v) is 10.2. The Hall–Kier alpha value is -0.310. The van der Waals surface area contributed by atoms with Crippen LogP contribution in [0.1, 0.15) is 40.0 Å². The smallest absolute Gasteiger partial charge is 0.238 e. The van der Waals surface area contributed by atoms with Crippen LogP contribution in [0.3, 0.4) is 0 Å². The average molecular weight is 341 g/mol. The quantitative estimate of drug-likeness (QED) is 0.515. The molecule has 3 N–H and O–H groups in total. The van der Waals surface area contributed by atoms with Crippen molar-refractivity contribution in [1.82, 2.24) is 10.0 Å². The molecule has 0 aliphatic heterocycles. The summed E-state index contributed by atoms with van der Waals surface area (Å²) in [4.78, 5) is 12.1. The van der Waals surface area contributed by atoms with Crippen molar-refractivity contribution in [3.63, 3.8) is 0 Å². The van der Waals surface area contributed by atoms with E-state index in [9.17, 15) is 18.3 Å². The van der Waals surface area contributed by atoms with E-state index >= 15 is 0 Å². The molecule has 0 saturated heterocycles. The molecule has 6 nitrogen and oxygen atoms in total. The number of rotatable bonds is 11. The number of aliphatic hydroxyl groups is 1. The van der Waals surface area contributed by atoms with Crippen LogP contribution in [0.25, 0.3) is 0 Å². The zero-order valence-electron chi connectivity index (χ0n) is 13.3. The van der Waals surface area contributed by atoms with Crippen molar-refractivity contribution in [3.05, 3.63) is 0 Å². The van der Waals surface area contributed by atoms with Gasteiger partial charge in [0.05, 0.1) is 11.4 Å². The number of hydrogen-bond donors (Lipinski definition) is 3. The Morgan fingerprint density at radius 2 is 2.00 bits per heavy atom. The Balaban J connectivity index is 4.65. The second-order valence-electron chi connectivity index (χ2n) is 5.32. The minimum Gasteiger partial charge on any atom is -0.388 e. The summed E-state index contributed by atoms with van der Waals surface area (Å²) in [5, 5.41) is 12.7. The van der Waals surface area contributed by atoms with E-state index in [2.05, 4.69) is 10.0 Å². The highest BCUT2D eigenvalue weighted by Gasteiger charge is 2.26. The third kappa shape index (κ3) is 9.34. The zero-order valence-corrected chi connectivity index (χ0v) is 14.9. The van der Waals surface area contributed by atoms with Gasteiger partial charge >= 0.3 is 0 Å². The number of thioether (sulfide) groups is 1. The van der Waals surface area contributed by atoms with Crippen LogP contribution in [0.15, 0.2) is 0 Å². The van der Waals surface area contributed by atoms with Gasteiger partial charge in [-0.1, -0.05) is 13.3 Å². The largest absolute Gasteiger partial charge is 0.388 e. The molecule has 0 bridgehead atoms. The monoisotopic (exact) mass is 340 g/mol. The number of carbonyl (C=O) groups is 1. The van der Waals surface area contributed by atoms with Gasteiger partial charge in [0.1, 0.15) is 6.04 Å². The topological polar surface area (TPSA) is 95.5 Å². The van der Waals surface area contributed by atoms with Crippen LogP contribution in [0.2, 0.25) is 0 Å². The minimum atomic E-state index is -3.44. The van der Waals surface area contributed by atoms with E-state index in [1.807, 2.05) is 13.2 Å². The van der Waals surface area contributed by atoms with E-state index in [1.54, 1.807) is 18.7 Å². The third-order valence-corrected chi connectivity index (χ3v) is 5.11. The van der Waals surface area contributed by atoms with E-state index in [4.69, 9.17) is 0 Å². The van der Waals surface area contributed by atoms with E-state index in [-0.39, 0.29) is 12.3 Å². The molecule has 2 atom stereocenters. The molecule has 0 fully saturated rings. The third-order valence-electron chi connectivity index (χ3n) is 3.06. The minimum absolute atomic E-state index is 0.0659. The molecule has 0 aromatic carbocycles. The Bertz CT molecular complexity index is 410. The fraction of sp³-hybridized carbons (Fsp3) is 0.923. The van der Waals surface area contributed by atoms with Gasteiger partial charge < -0.3 is 10.4 Å². The molecule has 2 unspecified atom stereocenters. The molecule has 0 aromatic rings. The summed E-state index contributed by atoms with van der Waals surface area (Å²) in [6.07, 6.45) is 3.70. The van der Waals surface area contributed by atoms with Gasteiger partial charge in [-0.25, -0.2) is 13.1 Å². The molecular weight excluding hydrogens is 312 g/mol. The van der Waals surface area contributed by atoms with Gasteiger partial charge in [-0.05, 0) is 38.7 Å². The molecule has 21 heavy (non-hydrogen) atoms. The highest BCUT2D eigenvalue weighted by molar-refractivity contribution is 7.98. The lowest BCUT2D eigenvalue weighted by atomic mass is 10.0. The van der Waals surface area contributed by atoms with Gasteiger partial charge in [0, 0.05) is 6.54 Å². The average Bonchev–Trinajstić information content (AvgIpc) is 2.40. The maximum absolute atomic E-state index is 12.1. The first kappa shape index (κ1) is 20.7. The molecule has 0 radical (unpaired) electrons. The van der Waals surface area contributed by atoms with E-state index in [1.165, 1.54) is 6.92 Å². The second-order valence-corrected chi connectivity index (χ2v) is 8.35. The number of sulfonamides is 1. The number of hydrogen-bond acceptors (Lipinski definition) is 5. The first-order valence-electron chi connectivity index (χ1n) is 7.16. The fourth-order valence-electron chi connectivity index (χ4n) is 1.81. The standard InChI is InChI=1S/C13H28N2O4S2/c1-5-8-13(3,17)10-14-12(16)11(7-9-20-4)15-21(18,19)6-2/h11,15,17H,5-10H2,1-4H3,(H,14,16). The zero-order chi connectivity index (χ0) is 16.5. The van der Waals surface area contributed by atoms with E-state index in [0.717, 1.165) is 6.42 Å². The molecular formula is C13H28N2O4S2. The van der Waals surface area contributed by atoms with Crippen molar-refractivity contribution >= 4 is 27.7 Å². The number of nitrogens with one attached hydrogen (secondary N) is 2. The van der Waals surface area contributed by atoms with Crippen molar-refractivity contribution in [2.24, 2.45) is 0 Å². The predicted molar refractivity (Wildman–Crippen MR) is 87.9 cm³/mol. The maximum atomic E-state index is 12.1. The van der Waals surface area contributed by atoms with Crippen LogP contribution in [0, 0.1) is 0 Å². The molecule has 0 aromatic heterocycles. The van der Waals surface area contributed by atoms with Crippen LogP contribution in [-0.4, -0.2) is 55.4 Å². The number of amides is 1. The van der Waals surface area contributed by atoms with Crippen molar-refractivity contribution in [3.8, 4) is 0 Å². The fourth-order valence-corrected chi connectivity index (χ4v) is 3.10. The lowest BCUT2D eigenvalue weighted by Gasteiger charge is -2.25. The van der Waals surface area contributed by atoms with Gasteiger partial charge in [0.15, 0.2) is 0 Å². The molecule has 0 aliphatic rings. The predicted octanol–water partition coefficient (Wildman–Crippen LogP) is 0.715. The Morgan fingerprint density at radius 3 is 2.48 bits per heavy atom. The van der Waals surface area contributed by atoms with Gasteiger partial charge in [-0.3, -0.25) is 4.79 Å². The molecule has 1 amide bonds. The van der Waals surface area contributed by atoms with Crippen LogP contribution in [0.4, 0.5) is 0 Å². The molecule has 0 saturated carbocycles. The Labute approximate surface area is 132 Å². The van der Waals surface area contributed by atoms with E-state index in [0.29, 0.717) is 18.6 Å². The van der Waals surface area contributed by atoms with Crippen molar-refractivity contribution in [2.75, 3.05) is 24.3 Å². The summed E-state index contributed by atoms with van der Waals surface area (Å²) < 4.78 is 25.7. The van der Waals surface area contributed by atoms with Crippen LogP contribution < -0.4 is 10.0 Å². The van der Waals surface area contributed by atoms with E-state index < -0.39 is 27.6 Å².